The van der Waals surface area contributed by atoms with Crippen molar-refractivity contribution in [2.75, 3.05) is 0 Å². The molecule has 0 saturated heterocycles. The molecule has 0 aliphatic heterocycles. The second-order valence-electron chi connectivity index (χ2n) is 5.32. The third kappa shape index (κ3) is 2.03. The summed E-state index contributed by atoms with van der Waals surface area (Å²) in [6.07, 6.45) is 3.59. The molecule has 2 heterocycles. The molecule has 0 saturated carbocycles. The van der Waals surface area contributed by atoms with Gasteiger partial charge in [-0.15, -0.1) is 0 Å². The summed E-state index contributed by atoms with van der Waals surface area (Å²) >= 11 is 0. The highest BCUT2D eigenvalue weighted by Crippen LogP contribution is 2.32. The summed E-state index contributed by atoms with van der Waals surface area (Å²) in [7, 11) is 0. The van der Waals surface area contributed by atoms with E-state index in [9.17, 15) is 0 Å². The van der Waals surface area contributed by atoms with Gasteiger partial charge >= 0.3 is 0 Å². The van der Waals surface area contributed by atoms with Gasteiger partial charge in [0.1, 0.15) is 0 Å². The zero-order chi connectivity index (χ0) is 14.9. The van der Waals surface area contributed by atoms with E-state index < -0.39 is 0 Å². The van der Waals surface area contributed by atoms with Crippen molar-refractivity contribution in [3.8, 4) is 0 Å². The van der Waals surface area contributed by atoms with Crippen LogP contribution in [0, 0.1) is 0 Å². The van der Waals surface area contributed by atoms with Crippen molar-refractivity contribution in [2.24, 2.45) is 5.73 Å². The highest BCUT2D eigenvalue weighted by atomic mass is 14.7. The van der Waals surface area contributed by atoms with E-state index in [1.165, 1.54) is 0 Å². The normalized spacial score (nSPS) is 12.6. The molecule has 2 N–H and O–H groups in total. The van der Waals surface area contributed by atoms with Gasteiger partial charge in [0.05, 0.1) is 17.1 Å². The Morgan fingerprint density at radius 3 is 2.00 bits per heavy atom. The monoisotopic (exact) mass is 285 g/mol. The van der Waals surface area contributed by atoms with E-state index in [1.807, 2.05) is 54.7 Å². The van der Waals surface area contributed by atoms with Crippen molar-refractivity contribution in [3.05, 3.63) is 84.2 Å². The number of benzene rings is 2. The molecule has 4 aromatic rings. The molecule has 1 atom stereocenters. The number of aromatic nitrogens is 2. The lowest BCUT2D eigenvalue weighted by atomic mass is 9.93. The largest absolute Gasteiger partial charge is 0.320 e. The molecule has 106 valence electrons. The van der Waals surface area contributed by atoms with Crippen LogP contribution >= 0.6 is 0 Å². The fraction of sp³-hybridized carbons (Fsp3) is 0.0526. The highest BCUT2D eigenvalue weighted by molar-refractivity contribution is 5.98. The van der Waals surface area contributed by atoms with Gasteiger partial charge in [0.2, 0.25) is 0 Å². The third-order valence-electron chi connectivity index (χ3n) is 3.98. The molecule has 0 fully saturated rings. The molecule has 0 aliphatic rings. The number of pyridine rings is 2. The summed E-state index contributed by atoms with van der Waals surface area (Å²) in [6.45, 7) is 0. The van der Waals surface area contributed by atoms with Crippen LogP contribution < -0.4 is 5.73 Å². The van der Waals surface area contributed by atoms with Crippen LogP contribution in [0.5, 0.6) is 0 Å². The molecule has 3 nitrogen and oxygen atoms in total. The van der Waals surface area contributed by atoms with Gasteiger partial charge in [-0.1, -0.05) is 42.5 Å². The van der Waals surface area contributed by atoms with E-state index in [0.29, 0.717) is 0 Å². The number of nitrogens with two attached hydrogens (primary N) is 1. The molecule has 0 aliphatic carbocycles. The number of nitrogens with zero attached hydrogens (tertiary/aromatic N) is 2. The molecule has 0 radical (unpaired) electrons. The topological polar surface area (TPSA) is 51.8 Å². The van der Waals surface area contributed by atoms with Crippen LogP contribution in [0.2, 0.25) is 0 Å². The highest BCUT2D eigenvalue weighted by Gasteiger charge is 2.16. The Morgan fingerprint density at radius 2 is 1.41 bits per heavy atom. The van der Waals surface area contributed by atoms with Crippen LogP contribution in [-0.4, -0.2) is 9.97 Å². The van der Waals surface area contributed by atoms with Gasteiger partial charge < -0.3 is 5.73 Å². The van der Waals surface area contributed by atoms with Crippen LogP contribution in [0.15, 0.2) is 73.1 Å². The van der Waals surface area contributed by atoms with Gasteiger partial charge in [-0.2, -0.15) is 0 Å². The first-order valence-corrected chi connectivity index (χ1v) is 7.27. The molecule has 2 aromatic heterocycles. The molecule has 3 heteroatoms. The molecule has 0 bridgehead atoms. The summed E-state index contributed by atoms with van der Waals surface area (Å²) in [5.41, 5.74) is 10.6. The molecule has 0 amide bonds. The predicted octanol–water partition coefficient (Wildman–Crippen LogP) is 3.83. The smallest absolute Gasteiger partial charge is 0.0713 e. The van der Waals surface area contributed by atoms with Gasteiger partial charge in [-0.3, -0.25) is 4.98 Å². The summed E-state index contributed by atoms with van der Waals surface area (Å²) in [5, 5.41) is 2.19. The Hall–Kier alpha value is -2.78. The lowest BCUT2D eigenvalue weighted by molar-refractivity contribution is 0.879. The van der Waals surface area contributed by atoms with Gasteiger partial charge in [0.25, 0.3) is 0 Å². The predicted molar refractivity (Wildman–Crippen MR) is 89.5 cm³/mol. The van der Waals surface area contributed by atoms with Crippen LogP contribution in [-0.2, 0) is 0 Å². The first-order chi connectivity index (χ1) is 10.8. The van der Waals surface area contributed by atoms with Crippen molar-refractivity contribution < 1.29 is 0 Å². The Bertz CT molecular complexity index is 894. The van der Waals surface area contributed by atoms with Gasteiger partial charge in [0.15, 0.2) is 0 Å². The minimum atomic E-state index is -0.230. The van der Waals surface area contributed by atoms with Crippen molar-refractivity contribution in [3.63, 3.8) is 0 Å². The maximum absolute atomic E-state index is 6.58. The molecular formula is C19H15N3. The Kier molecular flexibility index (Phi) is 3.06. The molecule has 0 spiro atoms. The molecule has 2 aromatic carbocycles. The second-order valence-corrected chi connectivity index (χ2v) is 5.32. The van der Waals surface area contributed by atoms with E-state index >= 15 is 0 Å². The molecule has 4 rings (SSSR count). The Labute approximate surface area is 128 Å². The second kappa shape index (κ2) is 5.20. The molecule has 22 heavy (non-hydrogen) atoms. The Morgan fingerprint density at radius 1 is 0.773 bits per heavy atom. The van der Waals surface area contributed by atoms with E-state index in [2.05, 4.69) is 17.1 Å². The summed E-state index contributed by atoms with van der Waals surface area (Å²) in [5.74, 6) is 0. The zero-order valence-electron chi connectivity index (χ0n) is 12.0. The van der Waals surface area contributed by atoms with E-state index in [-0.39, 0.29) is 6.04 Å². The van der Waals surface area contributed by atoms with Crippen molar-refractivity contribution in [2.45, 2.75) is 6.04 Å². The fourth-order valence-corrected chi connectivity index (χ4v) is 2.93. The minimum Gasteiger partial charge on any atom is -0.320 e. The standard InChI is InChI=1S/C19H15N3/c20-19(13-6-5-11-21-12-13)18-14-7-1-3-9-16(14)22-17-10-4-2-8-15(17)18/h1-12,19H,20H2. The van der Waals surface area contributed by atoms with Crippen LogP contribution in [0.1, 0.15) is 17.2 Å². The van der Waals surface area contributed by atoms with Crippen molar-refractivity contribution >= 4 is 21.8 Å². The van der Waals surface area contributed by atoms with Gasteiger partial charge in [0, 0.05) is 23.2 Å². The van der Waals surface area contributed by atoms with Crippen LogP contribution in [0.25, 0.3) is 21.8 Å². The zero-order valence-corrected chi connectivity index (χ0v) is 12.0. The molecule has 1 unspecified atom stereocenters. The van der Waals surface area contributed by atoms with Gasteiger partial charge in [-0.25, -0.2) is 4.98 Å². The average molecular weight is 285 g/mol. The van der Waals surface area contributed by atoms with Crippen molar-refractivity contribution in [1.82, 2.24) is 9.97 Å². The first kappa shape index (κ1) is 12.9. The first-order valence-electron chi connectivity index (χ1n) is 7.27. The van der Waals surface area contributed by atoms with Crippen LogP contribution in [0.4, 0.5) is 0 Å². The van der Waals surface area contributed by atoms with Crippen LogP contribution in [0.3, 0.4) is 0 Å². The lowest BCUT2D eigenvalue weighted by Crippen LogP contribution is -2.13. The number of fused-ring (bicyclic) bond motifs is 2. The van der Waals surface area contributed by atoms with E-state index in [0.717, 1.165) is 32.9 Å². The number of para-hydroxylation sites is 2. The number of hydrogen-bond acceptors (Lipinski definition) is 3. The van der Waals surface area contributed by atoms with E-state index in [1.54, 1.807) is 6.20 Å². The minimum absolute atomic E-state index is 0.230. The quantitative estimate of drug-likeness (QED) is 0.569. The summed E-state index contributed by atoms with van der Waals surface area (Å²) in [6, 6.07) is 20.0. The van der Waals surface area contributed by atoms with E-state index in [4.69, 9.17) is 10.7 Å². The maximum Gasteiger partial charge on any atom is 0.0713 e. The molecular weight excluding hydrogens is 270 g/mol. The summed E-state index contributed by atoms with van der Waals surface area (Å²) < 4.78 is 0. The fourth-order valence-electron chi connectivity index (χ4n) is 2.93. The van der Waals surface area contributed by atoms with Crippen molar-refractivity contribution in [1.29, 1.82) is 0 Å². The lowest BCUT2D eigenvalue weighted by Gasteiger charge is -2.17. The van der Waals surface area contributed by atoms with Gasteiger partial charge in [-0.05, 0) is 29.3 Å². The number of rotatable bonds is 2. The third-order valence-corrected chi connectivity index (χ3v) is 3.98. The maximum atomic E-state index is 6.58. The average Bonchev–Trinajstić information content (AvgIpc) is 2.60. The Balaban J connectivity index is 2.08. The summed E-state index contributed by atoms with van der Waals surface area (Å²) in [4.78, 5) is 8.94. The number of hydrogen-bond donors (Lipinski definition) is 1. The SMILES string of the molecule is NC(c1cccnc1)c1c2ccccc2nc2ccccc12.